The second-order valence-corrected chi connectivity index (χ2v) is 6.50. The summed E-state index contributed by atoms with van der Waals surface area (Å²) in [5.74, 6) is 0. The highest BCUT2D eigenvalue weighted by Gasteiger charge is 2.33. The number of benzene rings is 1. The number of hydrogen-bond donors (Lipinski definition) is 1. The van der Waals surface area contributed by atoms with Gasteiger partial charge >= 0.3 is 0 Å². The van der Waals surface area contributed by atoms with Gasteiger partial charge in [-0.25, -0.2) is 0 Å². The van der Waals surface area contributed by atoms with E-state index in [9.17, 15) is 0 Å². The second-order valence-electron chi connectivity index (χ2n) is 5.65. The fourth-order valence-electron chi connectivity index (χ4n) is 2.68. The van der Waals surface area contributed by atoms with Gasteiger partial charge in [-0.05, 0) is 51.3 Å². The molecule has 1 atom stereocenters. The molecule has 1 aromatic rings. The van der Waals surface area contributed by atoms with Crippen LogP contribution in [0.2, 0.25) is 0 Å². The zero-order valence-corrected chi connectivity index (χ0v) is 12.4. The van der Waals surface area contributed by atoms with E-state index in [2.05, 4.69) is 59.8 Å². The van der Waals surface area contributed by atoms with E-state index in [1.165, 1.54) is 15.7 Å². The Balaban J connectivity index is 2.29. The quantitative estimate of drug-likeness (QED) is 0.860. The Bertz CT molecular complexity index is 415. The van der Waals surface area contributed by atoms with E-state index in [1.54, 1.807) is 0 Å². The first-order valence-electron chi connectivity index (χ1n) is 6.19. The molecule has 2 rings (SSSR count). The summed E-state index contributed by atoms with van der Waals surface area (Å²) in [4.78, 5) is 2.47. The molecule has 2 N–H and O–H groups in total. The molecule has 0 amide bonds. The third kappa shape index (κ3) is 2.66. The Labute approximate surface area is 112 Å². The highest BCUT2D eigenvalue weighted by molar-refractivity contribution is 9.10. The molecule has 1 fully saturated rings. The van der Waals surface area contributed by atoms with Crippen molar-refractivity contribution in [3.63, 3.8) is 0 Å². The van der Waals surface area contributed by atoms with Gasteiger partial charge in [0.05, 0.1) is 0 Å². The molecule has 0 radical (unpaired) electrons. The van der Waals surface area contributed by atoms with Gasteiger partial charge in [-0.15, -0.1) is 0 Å². The normalized spacial score (nSPS) is 23.8. The van der Waals surface area contributed by atoms with Crippen molar-refractivity contribution in [2.75, 3.05) is 11.4 Å². The van der Waals surface area contributed by atoms with E-state index >= 15 is 0 Å². The van der Waals surface area contributed by atoms with Crippen LogP contribution < -0.4 is 10.6 Å². The molecule has 0 bridgehead atoms. The Hall–Kier alpha value is -0.540. The predicted octanol–water partition coefficient (Wildman–Crippen LogP) is 3.46. The van der Waals surface area contributed by atoms with E-state index in [1.807, 2.05) is 0 Å². The van der Waals surface area contributed by atoms with Crippen LogP contribution >= 0.6 is 15.9 Å². The molecule has 3 heteroatoms. The summed E-state index contributed by atoms with van der Waals surface area (Å²) in [5, 5.41) is 0. The van der Waals surface area contributed by atoms with Crippen molar-refractivity contribution in [3.8, 4) is 0 Å². The lowest BCUT2D eigenvalue weighted by atomic mass is 9.87. The van der Waals surface area contributed by atoms with E-state index in [4.69, 9.17) is 5.73 Å². The summed E-state index contributed by atoms with van der Waals surface area (Å²) in [6.45, 7) is 7.72. The van der Waals surface area contributed by atoms with Crippen LogP contribution in [0.3, 0.4) is 0 Å². The maximum absolute atomic E-state index is 6.07. The topological polar surface area (TPSA) is 29.3 Å². The van der Waals surface area contributed by atoms with Crippen LogP contribution in [0.4, 0.5) is 5.69 Å². The smallest absolute Gasteiger partial charge is 0.0382 e. The molecule has 1 saturated heterocycles. The second kappa shape index (κ2) is 4.62. The van der Waals surface area contributed by atoms with Crippen LogP contribution in [0, 0.1) is 6.92 Å². The molecule has 1 unspecified atom stereocenters. The zero-order chi connectivity index (χ0) is 12.6. The SMILES string of the molecule is Cc1ccc(N2CCC(N)CC2(C)C)cc1Br. The highest BCUT2D eigenvalue weighted by Crippen LogP contribution is 2.34. The summed E-state index contributed by atoms with van der Waals surface area (Å²) in [6.07, 6.45) is 2.13. The predicted molar refractivity (Wildman–Crippen MR) is 77.5 cm³/mol. The maximum Gasteiger partial charge on any atom is 0.0382 e. The average Bonchev–Trinajstić information content (AvgIpc) is 2.21. The summed E-state index contributed by atoms with van der Waals surface area (Å²) >= 11 is 3.61. The number of halogens is 1. The minimum atomic E-state index is 0.145. The molecule has 2 nitrogen and oxygen atoms in total. The summed E-state index contributed by atoms with van der Waals surface area (Å²) in [5.41, 5.74) is 8.78. The lowest BCUT2D eigenvalue weighted by Crippen LogP contribution is -2.53. The molecule has 1 heterocycles. The number of hydrogen-bond acceptors (Lipinski definition) is 2. The third-order valence-electron chi connectivity index (χ3n) is 3.68. The Kier molecular flexibility index (Phi) is 3.50. The first-order chi connectivity index (χ1) is 7.90. The van der Waals surface area contributed by atoms with Gasteiger partial charge in [0.25, 0.3) is 0 Å². The number of nitrogens with two attached hydrogens (primary N) is 1. The van der Waals surface area contributed by atoms with Crippen molar-refractivity contribution < 1.29 is 0 Å². The number of piperidine rings is 1. The molecular weight excluding hydrogens is 276 g/mol. The molecular formula is C14H21BrN2. The average molecular weight is 297 g/mol. The maximum atomic E-state index is 6.07. The Morgan fingerprint density at radius 1 is 1.41 bits per heavy atom. The first kappa shape index (κ1) is 12.9. The fraction of sp³-hybridized carbons (Fsp3) is 0.571. The van der Waals surface area contributed by atoms with Crippen molar-refractivity contribution in [3.05, 3.63) is 28.2 Å². The zero-order valence-electron chi connectivity index (χ0n) is 10.8. The van der Waals surface area contributed by atoms with Crippen LogP contribution in [-0.2, 0) is 0 Å². The molecule has 0 saturated carbocycles. The summed E-state index contributed by atoms with van der Waals surface area (Å²) in [7, 11) is 0. The number of aryl methyl sites for hydroxylation is 1. The molecule has 1 aliphatic rings. The van der Waals surface area contributed by atoms with E-state index in [0.29, 0.717) is 6.04 Å². The molecule has 94 valence electrons. The van der Waals surface area contributed by atoms with Crippen LogP contribution in [0.25, 0.3) is 0 Å². The monoisotopic (exact) mass is 296 g/mol. The van der Waals surface area contributed by atoms with E-state index in [0.717, 1.165) is 19.4 Å². The van der Waals surface area contributed by atoms with Crippen molar-refractivity contribution in [1.82, 2.24) is 0 Å². The minimum absolute atomic E-state index is 0.145. The molecule has 0 aliphatic carbocycles. The molecule has 1 aromatic carbocycles. The highest BCUT2D eigenvalue weighted by atomic mass is 79.9. The van der Waals surface area contributed by atoms with Crippen LogP contribution in [0.15, 0.2) is 22.7 Å². The van der Waals surface area contributed by atoms with Crippen LogP contribution in [0.5, 0.6) is 0 Å². The van der Waals surface area contributed by atoms with Crippen molar-refractivity contribution in [2.45, 2.75) is 45.2 Å². The van der Waals surface area contributed by atoms with Gasteiger partial charge in [-0.2, -0.15) is 0 Å². The van der Waals surface area contributed by atoms with Gasteiger partial charge in [-0.1, -0.05) is 22.0 Å². The molecule has 17 heavy (non-hydrogen) atoms. The Morgan fingerprint density at radius 2 is 2.12 bits per heavy atom. The van der Waals surface area contributed by atoms with E-state index in [-0.39, 0.29) is 5.54 Å². The Morgan fingerprint density at radius 3 is 2.71 bits per heavy atom. The van der Waals surface area contributed by atoms with Crippen molar-refractivity contribution in [1.29, 1.82) is 0 Å². The van der Waals surface area contributed by atoms with Crippen molar-refractivity contribution in [2.24, 2.45) is 5.73 Å². The van der Waals surface area contributed by atoms with Crippen LogP contribution in [-0.4, -0.2) is 18.1 Å². The number of rotatable bonds is 1. The molecule has 0 aromatic heterocycles. The number of anilines is 1. The lowest BCUT2D eigenvalue weighted by molar-refractivity contribution is 0.327. The third-order valence-corrected chi connectivity index (χ3v) is 4.54. The van der Waals surface area contributed by atoms with Gasteiger partial charge in [0.1, 0.15) is 0 Å². The first-order valence-corrected chi connectivity index (χ1v) is 6.99. The summed E-state index contributed by atoms with van der Waals surface area (Å²) < 4.78 is 1.18. The van der Waals surface area contributed by atoms with Gasteiger partial charge in [-0.3, -0.25) is 0 Å². The van der Waals surface area contributed by atoms with E-state index < -0.39 is 0 Å². The lowest BCUT2D eigenvalue weighted by Gasteiger charge is -2.46. The summed E-state index contributed by atoms with van der Waals surface area (Å²) in [6, 6.07) is 6.94. The largest absolute Gasteiger partial charge is 0.366 e. The molecule has 1 aliphatic heterocycles. The fourth-order valence-corrected chi connectivity index (χ4v) is 3.05. The minimum Gasteiger partial charge on any atom is -0.366 e. The van der Waals surface area contributed by atoms with Gasteiger partial charge in [0.2, 0.25) is 0 Å². The van der Waals surface area contributed by atoms with Gasteiger partial charge in [0.15, 0.2) is 0 Å². The van der Waals surface area contributed by atoms with Crippen LogP contribution in [0.1, 0.15) is 32.3 Å². The molecule has 0 spiro atoms. The number of nitrogens with zero attached hydrogens (tertiary/aromatic N) is 1. The van der Waals surface area contributed by atoms with Gasteiger partial charge in [0, 0.05) is 28.3 Å². The van der Waals surface area contributed by atoms with Crippen molar-refractivity contribution >= 4 is 21.6 Å². The van der Waals surface area contributed by atoms with Gasteiger partial charge < -0.3 is 10.6 Å². The standard InChI is InChI=1S/C14H21BrN2/c1-10-4-5-12(8-13(10)15)17-7-6-11(16)9-14(17,2)3/h4-5,8,11H,6-7,9,16H2,1-3H3.